The maximum absolute atomic E-state index is 12.7. The number of imide groups is 1. The second-order valence-corrected chi connectivity index (χ2v) is 7.72. The maximum Gasteiger partial charge on any atom is 0.323 e. The lowest BCUT2D eigenvalue weighted by atomic mass is 10.1. The van der Waals surface area contributed by atoms with Crippen molar-refractivity contribution >= 4 is 23.5 Å². The van der Waals surface area contributed by atoms with Crippen LogP contribution in [0.2, 0.25) is 0 Å². The van der Waals surface area contributed by atoms with Crippen molar-refractivity contribution in [3.63, 3.8) is 0 Å². The van der Waals surface area contributed by atoms with Gasteiger partial charge in [0, 0.05) is 38.4 Å². The number of esters is 1. The zero-order valence-electron chi connectivity index (χ0n) is 17.7. The van der Waals surface area contributed by atoms with E-state index in [0.29, 0.717) is 37.2 Å². The Morgan fingerprint density at radius 1 is 0.903 bits per heavy atom. The zero-order valence-corrected chi connectivity index (χ0v) is 17.7. The van der Waals surface area contributed by atoms with Crippen molar-refractivity contribution in [1.29, 1.82) is 0 Å². The molecular weight excluding hydrogens is 394 g/mol. The van der Waals surface area contributed by atoms with Gasteiger partial charge in [-0.1, -0.05) is 30.3 Å². The topological polar surface area (TPSA) is 70.2 Å². The van der Waals surface area contributed by atoms with Gasteiger partial charge in [0.25, 0.3) is 11.8 Å². The fourth-order valence-corrected chi connectivity index (χ4v) is 4.31. The molecule has 31 heavy (non-hydrogen) atoms. The van der Waals surface area contributed by atoms with Crippen LogP contribution in [0, 0.1) is 0 Å². The van der Waals surface area contributed by atoms with Gasteiger partial charge in [-0.25, -0.2) is 0 Å². The highest BCUT2D eigenvalue weighted by molar-refractivity contribution is 6.21. The van der Waals surface area contributed by atoms with Crippen molar-refractivity contribution in [2.75, 3.05) is 44.2 Å². The summed E-state index contributed by atoms with van der Waals surface area (Å²) in [5, 5.41) is 0. The first-order chi connectivity index (χ1) is 15.1. The van der Waals surface area contributed by atoms with E-state index in [1.165, 1.54) is 10.6 Å². The van der Waals surface area contributed by atoms with Gasteiger partial charge in [-0.3, -0.25) is 24.2 Å². The zero-order chi connectivity index (χ0) is 21.8. The number of amides is 2. The van der Waals surface area contributed by atoms with Gasteiger partial charge < -0.3 is 9.64 Å². The molecule has 0 N–H and O–H groups in total. The molecule has 2 amide bonds. The predicted octanol–water partition coefficient (Wildman–Crippen LogP) is 2.43. The molecule has 1 unspecified atom stereocenters. The first-order valence-electron chi connectivity index (χ1n) is 10.8. The SMILES string of the molecule is CCOC(=O)C(CCN1C(=O)c2ccccc2C1=O)N1CCN(c2ccccc2)CC1. The van der Waals surface area contributed by atoms with E-state index in [1.54, 1.807) is 31.2 Å². The summed E-state index contributed by atoms with van der Waals surface area (Å²) in [4.78, 5) is 43.7. The fraction of sp³-hybridized carbons (Fsp3) is 0.375. The van der Waals surface area contributed by atoms with Crippen LogP contribution in [0.3, 0.4) is 0 Å². The standard InChI is InChI=1S/C24H27N3O4/c1-2-31-24(30)21(26-16-14-25(15-17-26)18-8-4-3-5-9-18)12-13-27-22(28)19-10-6-7-11-20(19)23(27)29/h3-11,21H,2,12-17H2,1H3. The van der Waals surface area contributed by atoms with Crippen molar-refractivity contribution in [3.05, 3.63) is 65.7 Å². The van der Waals surface area contributed by atoms with E-state index in [4.69, 9.17) is 4.74 Å². The van der Waals surface area contributed by atoms with Gasteiger partial charge in [0.1, 0.15) is 6.04 Å². The minimum atomic E-state index is -0.484. The Balaban J connectivity index is 1.42. The number of benzene rings is 2. The lowest BCUT2D eigenvalue weighted by molar-refractivity contribution is -0.150. The molecule has 1 atom stereocenters. The Labute approximate surface area is 182 Å². The van der Waals surface area contributed by atoms with Crippen LogP contribution in [-0.2, 0) is 9.53 Å². The van der Waals surface area contributed by atoms with Crippen LogP contribution in [0.15, 0.2) is 54.6 Å². The molecule has 0 aliphatic carbocycles. The van der Waals surface area contributed by atoms with E-state index >= 15 is 0 Å². The number of para-hydroxylation sites is 1. The molecule has 7 nitrogen and oxygen atoms in total. The van der Waals surface area contributed by atoms with Gasteiger partial charge in [-0.2, -0.15) is 0 Å². The van der Waals surface area contributed by atoms with Crippen LogP contribution in [-0.4, -0.2) is 73.0 Å². The molecule has 1 fully saturated rings. The van der Waals surface area contributed by atoms with Crippen molar-refractivity contribution < 1.29 is 19.1 Å². The molecule has 0 radical (unpaired) electrons. The van der Waals surface area contributed by atoms with E-state index in [1.807, 2.05) is 18.2 Å². The van der Waals surface area contributed by atoms with Crippen LogP contribution in [0.5, 0.6) is 0 Å². The number of piperazine rings is 1. The monoisotopic (exact) mass is 421 g/mol. The molecule has 2 aliphatic heterocycles. The lowest BCUT2D eigenvalue weighted by Crippen LogP contribution is -2.54. The Morgan fingerprint density at radius 2 is 1.48 bits per heavy atom. The van der Waals surface area contributed by atoms with Crippen molar-refractivity contribution in [2.45, 2.75) is 19.4 Å². The molecule has 0 saturated carbocycles. The smallest absolute Gasteiger partial charge is 0.323 e. The molecule has 0 aromatic heterocycles. The van der Waals surface area contributed by atoms with E-state index in [-0.39, 0.29) is 24.3 Å². The fourth-order valence-electron chi connectivity index (χ4n) is 4.31. The number of anilines is 1. The Hall–Kier alpha value is -3.19. The molecule has 2 aromatic carbocycles. The summed E-state index contributed by atoms with van der Waals surface area (Å²) in [7, 11) is 0. The average Bonchev–Trinajstić information content (AvgIpc) is 3.05. The minimum Gasteiger partial charge on any atom is -0.465 e. The largest absolute Gasteiger partial charge is 0.465 e. The molecule has 4 rings (SSSR count). The number of ether oxygens (including phenoxy) is 1. The number of nitrogens with zero attached hydrogens (tertiary/aromatic N) is 3. The summed E-state index contributed by atoms with van der Waals surface area (Å²) in [5.41, 5.74) is 2.02. The predicted molar refractivity (Wildman–Crippen MR) is 117 cm³/mol. The average molecular weight is 421 g/mol. The molecule has 0 spiro atoms. The van der Waals surface area contributed by atoms with Gasteiger partial charge in [0.2, 0.25) is 0 Å². The summed E-state index contributed by atoms with van der Waals surface area (Å²) >= 11 is 0. The normalized spacial score (nSPS) is 17.6. The van der Waals surface area contributed by atoms with Gasteiger partial charge in [-0.05, 0) is 37.6 Å². The Bertz CT molecular complexity index is 919. The van der Waals surface area contributed by atoms with E-state index in [9.17, 15) is 14.4 Å². The van der Waals surface area contributed by atoms with Gasteiger partial charge >= 0.3 is 5.97 Å². The number of hydrogen-bond donors (Lipinski definition) is 0. The van der Waals surface area contributed by atoms with Crippen LogP contribution in [0.25, 0.3) is 0 Å². The maximum atomic E-state index is 12.7. The van der Waals surface area contributed by atoms with E-state index in [2.05, 4.69) is 21.9 Å². The summed E-state index contributed by atoms with van der Waals surface area (Å²) in [6, 6.07) is 16.6. The molecular formula is C24H27N3O4. The Kier molecular flexibility index (Phi) is 6.32. The Morgan fingerprint density at radius 3 is 2.06 bits per heavy atom. The summed E-state index contributed by atoms with van der Waals surface area (Å²) in [6.45, 7) is 5.29. The van der Waals surface area contributed by atoms with Crippen LogP contribution in [0.1, 0.15) is 34.1 Å². The van der Waals surface area contributed by atoms with Crippen molar-refractivity contribution in [2.24, 2.45) is 0 Å². The van der Waals surface area contributed by atoms with Gasteiger partial charge in [-0.15, -0.1) is 0 Å². The molecule has 0 bridgehead atoms. The first kappa shape index (κ1) is 21.1. The molecule has 162 valence electrons. The van der Waals surface area contributed by atoms with Crippen LogP contribution >= 0.6 is 0 Å². The second-order valence-electron chi connectivity index (χ2n) is 7.72. The highest BCUT2D eigenvalue weighted by Crippen LogP contribution is 2.24. The summed E-state index contributed by atoms with van der Waals surface area (Å²) in [5.74, 6) is -0.888. The molecule has 7 heteroatoms. The number of rotatable bonds is 7. The molecule has 1 saturated heterocycles. The number of fused-ring (bicyclic) bond motifs is 1. The molecule has 2 heterocycles. The highest BCUT2D eigenvalue weighted by atomic mass is 16.5. The van der Waals surface area contributed by atoms with E-state index < -0.39 is 6.04 Å². The number of hydrogen-bond acceptors (Lipinski definition) is 6. The highest BCUT2D eigenvalue weighted by Gasteiger charge is 2.37. The van der Waals surface area contributed by atoms with Crippen LogP contribution < -0.4 is 4.90 Å². The van der Waals surface area contributed by atoms with Crippen molar-refractivity contribution in [3.8, 4) is 0 Å². The van der Waals surface area contributed by atoms with Gasteiger partial charge in [0.15, 0.2) is 0 Å². The van der Waals surface area contributed by atoms with E-state index in [0.717, 1.165) is 13.1 Å². The van der Waals surface area contributed by atoms with Crippen molar-refractivity contribution in [1.82, 2.24) is 9.80 Å². The number of carbonyl (C=O) groups excluding carboxylic acids is 3. The second kappa shape index (κ2) is 9.31. The lowest BCUT2D eigenvalue weighted by Gasteiger charge is -2.39. The quantitative estimate of drug-likeness (QED) is 0.505. The molecule has 2 aliphatic rings. The first-order valence-corrected chi connectivity index (χ1v) is 10.8. The minimum absolute atomic E-state index is 0.189. The molecule has 2 aromatic rings. The van der Waals surface area contributed by atoms with Gasteiger partial charge in [0.05, 0.1) is 17.7 Å². The summed E-state index contributed by atoms with van der Waals surface area (Å²) in [6.07, 6.45) is 0.357. The van der Waals surface area contributed by atoms with Crippen LogP contribution in [0.4, 0.5) is 5.69 Å². The third-order valence-corrected chi connectivity index (χ3v) is 5.94. The number of carbonyl (C=O) groups is 3. The third kappa shape index (κ3) is 4.32. The third-order valence-electron chi connectivity index (χ3n) is 5.94. The summed E-state index contributed by atoms with van der Waals surface area (Å²) < 4.78 is 5.32.